The maximum atomic E-state index is 13.7. The minimum atomic E-state index is -0.191. The van der Waals surface area contributed by atoms with Gasteiger partial charge in [0.15, 0.2) is 0 Å². The Morgan fingerprint density at radius 1 is 1.13 bits per heavy atom. The monoisotopic (exact) mass is 545 g/mol. The van der Waals surface area contributed by atoms with Crippen molar-refractivity contribution < 1.29 is 9.59 Å². The summed E-state index contributed by atoms with van der Waals surface area (Å²) in [4.78, 5) is 30.4. The molecule has 4 aromatic rings. The van der Waals surface area contributed by atoms with E-state index in [2.05, 4.69) is 28.2 Å². The van der Waals surface area contributed by atoms with Gasteiger partial charge in [0.25, 0.3) is 0 Å². The molecule has 0 saturated carbocycles. The Hall–Kier alpha value is -3.40. The largest absolute Gasteiger partial charge is 0.353 e. The molecule has 0 fully saturated rings. The summed E-state index contributed by atoms with van der Waals surface area (Å²) in [5, 5.41) is 12.2. The molecule has 5 rings (SSSR count). The molecule has 2 aromatic heterocycles. The minimum Gasteiger partial charge on any atom is -0.353 e. The van der Waals surface area contributed by atoms with Gasteiger partial charge < -0.3 is 10.2 Å². The predicted octanol–water partition coefficient (Wildman–Crippen LogP) is 4.76. The lowest BCUT2D eigenvalue weighted by atomic mass is 10.0. The number of nitrogens with zero attached hydrogens (tertiary/aromatic N) is 4. The number of aryl methyl sites for hydroxylation is 1. The van der Waals surface area contributed by atoms with E-state index in [1.54, 1.807) is 28.0 Å². The molecule has 9 heteroatoms. The molecule has 38 heavy (non-hydrogen) atoms. The Morgan fingerprint density at radius 3 is 2.66 bits per heavy atom. The Kier molecular flexibility index (Phi) is 7.97. The van der Waals surface area contributed by atoms with Gasteiger partial charge in [-0.15, -0.1) is 11.8 Å². The van der Waals surface area contributed by atoms with E-state index in [0.29, 0.717) is 12.4 Å². The number of carbonyl (C=O) groups excluding carboxylic acids is 2. The number of carbonyl (C=O) groups is 2. The number of anilines is 1. The molecular weight excluding hydrogens is 514 g/mol. The van der Waals surface area contributed by atoms with Crippen LogP contribution in [0.15, 0.2) is 71.4 Å². The van der Waals surface area contributed by atoms with Crippen molar-refractivity contribution in [2.45, 2.75) is 12.2 Å². The highest BCUT2D eigenvalue weighted by molar-refractivity contribution is 8.00. The molecule has 1 aliphatic heterocycles. The van der Waals surface area contributed by atoms with E-state index in [0.717, 1.165) is 40.2 Å². The van der Waals surface area contributed by atoms with Gasteiger partial charge in [0.05, 0.1) is 22.4 Å². The van der Waals surface area contributed by atoms with E-state index in [1.807, 2.05) is 79.1 Å². The summed E-state index contributed by atoms with van der Waals surface area (Å²) < 4.78 is 1.85. The van der Waals surface area contributed by atoms with Crippen molar-refractivity contribution in [3.8, 4) is 16.9 Å². The number of hydrogen-bond donors (Lipinski definition) is 1. The van der Waals surface area contributed by atoms with Crippen molar-refractivity contribution in [1.29, 1.82) is 0 Å². The quantitative estimate of drug-likeness (QED) is 0.346. The first-order chi connectivity index (χ1) is 18.4. The number of benzene rings is 2. The van der Waals surface area contributed by atoms with E-state index in [9.17, 15) is 9.59 Å². The van der Waals surface area contributed by atoms with Crippen molar-refractivity contribution in [1.82, 2.24) is 20.0 Å². The van der Waals surface area contributed by atoms with Gasteiger partial charge in [0.2, 0.25) is 11.8 Å². The van der Waals surface area contributed by atoms with Crippen LogP contribution in [0, 0.1) is 6.92 Å². The third-order valence-electron chi connectivity index (χ3n) is 6.41. The van der Waals surface area contributed by atoms with Crippen LogP contribution in [0.4, 0.5) is 5.82 Å². The SMILES string of the molecule is Cc1cccc(-n2nc(-c3ccccc3)c3c2N(CC(=O)NCCN(C)C)C(=O)CSC3c2ccsc2)c1. The van der Waals surface area contributed by atoms with Crippen molar-refractivity contribution >= 4 is 40.7 Å². The van der Waals surface area contributed by atoms with E-state index in [4.69, 9.17) is 5.10 Å². The molecule has 1 unspecified atom stereocenters. The van der Waals surface area contributed by atoms with Crippen LogP contribution in [0.5, 0.6) is 0 Å². The summed E-state index contributed by atoms with van der Waals surface area (Å²) in [6.45, 7) is 3.20. The molecule has 2 aromatic carbocycles. The van der Waals surface area contributed by atoms with Crippen LogP contribution in [0.3, 0.4) is 0 Å². The van der Waals surface area contributed by atoms with Crippen LogP contribution in [0.2, 0.25) is 0 Å². The fourth-order valence-corrected chi connectivity index (χ4v) is 6.53. The predicted molar refractivity (Wildman–Crippen MR) is 156 cm³/mol. The van der Waals surface area contributed by atoms with Crippen LogP contribution in [0.25, 0.3) is 16.9 Å². The highest BCUT2D eigenvalue weighted by Crippen LogP contribution is 2.48. The molecule has 1 aliphatic rings. The first kappa shape index (κ1) is 26.2. The number of fused-ring (bicyclic) bond motifs is 1. The second-order valence-corrected chi connectivity index (χ2v) is 11.5. The van der Waals surface area contributed by atoms with Crippen molar-refractivity contribution in [3.05, 3.63) is 88.1 Å². The van der Waals surface area contributed by atoms with Crippen molar-refractivity contribution in [3.63, 3.8) is 0 Å². The Bertz CT molecular complexity index is 1420. The van der Waals surface area contributed by atoms with Gasteiger partial charge in [-0.2, -0.15) is 16.4 Å². The topological polar surface area (TPSA) is 70.5 Å². The highest BCUT2D eigenvalue weighted by atomic mass is 32.2. The number of rotatable bonds is 8. The molecule has 0 spiro atoms. The van der Waals surface area contributed by atoms with Gasteiger partial charge in [-0.3, -0.25) is 14.5 Å². The van der Waals surface area contributed by atoms with Gasteiger partial charge in [-0.25, -0.2) is 4.68 Å². The maximum Gasteiger partial charge on any atom is 0.240 e. The molecule has 196 valence electrons. The molecule has 2 amide bonds. The lowest BCUT2D eigenvalue weighted by molar-refractivity contribution is -0.122. The molecular formula is C29H31N5O2S2. The van der Waals surface area contributed by atoms with Crippen molar-refractivity contribution in [2.24, 2.45) is 0 Å². The third-order valence-corrected chi connectivity index (χ3v) is 8.37. The number of amides is 2. The summed E-state index contributed by atoms with van der Waals surface area (Å²) in [6, 6.07) is 20.3. The fourth-order valence-electron chi connectivity index (χ4n) is 4.57. The van der Waals surface area contributed by atoms with Crippen molar-refractivity contribution in [2.75, 3.05) is 44.4 Å². The Morgan fingerprint density at radius 2 is 1.95 bits per heavy atom. The number of aromatic nitrogens is 2. The fraction of sp³-hybridized carbons (Fsp3) is 0.276. The zero-order chi connectivity index (χ0) is 26.6. The van der Waals surface area contributed by atoms with E-state index in [1.165, 1.54) is 0 Å². The summed E-state index contributed by atoms with van der Waals surface area (Å²) >= 11 is 3.23. The zero-order valence-corrected chi connectivity index (χ0v) is 23.4. The van der Waals surface area contributed by atoms with Gasteiger partial charge in [0.1, 0.15) is 12.4 Å². The lowest BCUT2D eigenvalue weighted by Crippen LogP contribution is -2.43. The molecule has 7 nitrogen and oxygen atoms in total. The average molecular weight is 546 g/mol. The highest BCUT2D eigenvalue weighted by Gasteiger charge is 2.37. The Labute approximate surface area is 231 Å². The molecule has 1 atom stereocenters. The molecule has 0 radical (unpaired) electrons. The second-order valence-electron chi connectivity index (χ2n) is 9.58. The minimum absolute atomic E-state index is 0.0675. The Balaban J connectivity index is 1.70. The van der Waals surface area contributed by atoms with Crippen LogP contribution in [0.1, 0.15) is 21.9 Å². The number of thioether (sulfide) groups is 1. The summed E-state index contributed by atoms with van der Waals surface area (Å²) in [7, 11) is 3.92. The van der Waals surface area contributed by atoms with E-state index >= 15 is 0 Å². The van der Waals surface area contributed by atoms with Crippen LogP contribution < -0.4 is 10.2 Å². The molecule has 0 saturated heterocycles. The van der Waals surface area contributed by atoms with E-state index in [-0.39, 0.29) is 29.4 Å². The third kappa shape index (κ3) is 5.55. The average Bonchev–Trinajstić information content (AvgIpc) is 3.54. The number of likely N-dealkylation sites (N-methyl/N-ethyl adjacent to an activating group) is 1. The standard InChI is InChI=1S/C29H31N5O2S2/c1-20-8-7-11-23(16-20)34-29-26(27(31-34)21-9-5-4-6-10-21)28(22-12-15-37-18-22)38-19-25(36)33(29)17-24(35)30-13-14-32(2)3/h4-12,15-16,18,28H,13-14,17,19H2,1-3H3,(H,30,35). The summed E-state index contributed by atoms with van der Waals surface area (Å²) in [5.41, 5.74) is 5.81. The molecule has 1 N–H and O–H groups in total. The number of hydrogen-bond acceptors (Lipinski definition) is 6. The molecule has 0 aliphatic carbocycles. The second kappa shape index (κ2) is 11.6. The van der Waals surface area contributed by atoms with Crippen LogP contribution in [-0.2, 0) is 9.59 Å². The number of nitrogens with one attached hydrogen (secondary N) is 1. The van der Waals surface area contributed by atoms with E-state index < -0.39 is 0 Å². The van der Waals surface area contributed by atoms with Crippen LogP contribution in [-0.4, -0.2) is 66.0 Å². The smallest absolute Gasteiger partial charge is 0.240 e. The molecule has 3 heterocycles. The summed E-state index contributed by atoms with van der Waals surface area (Å²) in [5.74, 6) is 0.624. The zero-order valence-electron chi connectivity index (χ0n) is 21.8. The first-order valence-corrected chi connectivity index (χ1v) is 14.5. The van der Waals surface area contributed by atoms with Gasteiger partial charge in [-0.05, 0) is 61.1 Å². The first-order valence-electron chi connectivity index (χ1n) is 12.5. The summed E-state index contributed by atoms with van der Waals surface area (Å²) in [6.07, 6.45) is 0. The lowest BCUT2D eigenvalue weighted by Gasteiger charge is -2.23. The normalized spacial score (nSPS) is 15.4. The molecule has 0 bridgehead atoms. The van der Waals surface area contributed by atoms with Gasteiger partial charge >= 0.3 is 0 Å². The van der Waals surface area contributed by atoms with Gasteiger partial charge in [0, 0.05) is 24.2 Å². The van der Waals surface area contributed by atoms with Gasteiger partial charge in [-0.1, -0.05) is 42.5 Å². The number of thiophene rings is 1. The maximum absolute atomic E-state index is 13.7. The van der Waals surface area contributed by atoms with Crippen LogP contribution >= 0.6 is 23.1 Å².